The molecule has 1 amide bonds. The number of anilines is 2. The molecule has 2 aromatic rings. The topological polar surface area (TPSA) is 172 Å². The number of hydrogen-bond donors (Lipinski definition) is 2. The van der Waals surface area contributed by atoms with Crippen molar-refractivity contribution in [2.45, 2.75) is 26.3 Å². The number of rotatable bonds is 11. The number of nitro benzene ring substituents is 1. The maximum atomic E-state index is 13.2. The normalized spacial score (nSPS) is 10.7. The Kier molecular flexibility index (Phi) is 8.56. The number of methoxy groups -OCH3 is 2. The first-order valence-electron chi connectivity index (χ1n) is 10.1. The van der Waals surface area contributed by atoms with Crippen LogP contribution in [0.15, 0.2) is 21.7 Å². The van der Waals surface area contributed by atoms with Crippen LogP contribution in [-0.4, -0.2) is 54.9 Å². The number of nitrogen functional groups attached to an aromatic ring is 1. The number of carbonyl (C=O) groups is 1. The van der Waals surface area contributed by atoms with Crippen LogP contribution in [0.4, 0.5) is 17.2 Å². The van der Waals surface area contributed by atoms with Crippen molar-refractivity contribution in [1.29, 1.82) is 0 Å². The molecular weight excluding hydrogens is 438 g/mol. The van der Waals surface area contributed by atoms with E-state index in [1.165, 1.54) is 21.3 Å². The number of nitrogens with zero attached hydrogens (tertiary/aromatic N) is 3. The number of hydrogen-bond acceptors (Lipinski definition) is 9. The van der Waals surface area contributed by atoms with Gasteiger partial charge < -0.3 is 24.8 Å². The summed E-state index contributed by atoms with van der Waals surface area (Å²) < 4.78 is 16.7. The van der Waals surface area contributed by atoms with Crippen molar-refractivity contribution in [3.8, 4) is 11.5 Å². The Morgan fingerprint density at radius 3 is 2.52 bits per heavy atom. The zero-order valence-electron chi connectivity index (χ0n) is 18.9. The molecule has 33 heavy (non-hydrogen) atoms. The van der Waals surface area contributed by atoms with Gasteiger partial charge >= 0.3 is 5.69 Å². The number of nitrogens with two attached hydrogens (primary N) is 1. The number of benzene rings is 1. The molecule has 1 aromatic carbocycles. The van der Waals surface area contributed by atoms with Gasteiger partial charge in [0, 0.05) is 26.8 Å². The predicted molar refractivity (Wildman–Crippen MR) is 120 cm³/mol. The van der Waals surface area contributed by atoms with Crippen molar-refractivity contribution in [2.75, 3.05) is 45.1 Å². The lowest BCUT2D eigenvalue weighted by atomic mass is 10.1. The van der Waals surface area contributed by atoms with E-state index in [9.17, 15) is 24.5 Å². The van der Waals surface area contributed by atoms with E-state index in [-0.39, 0.29) is 48.3 Å². The van der Waals surface area contributed by atoms with Gasteiger partial charge in [0.05, 0.1) is 24.7 Å². The Labute approximate surface area is 188 Å². The van der Waals surface area contributed by atoms with E-state index in [2.05, 4.69) is 4.98 Å². The van der Waals surface area contributed by atoms with E-state index in [4.69, 9.17) is 19.9 Å². The number of aromatic nitrogens is 2. The van der Waals surface area contributed by atoms with Crippen LogP contribution in [0.3, 0.4) is 0 Å². The molecule has 0 saturated heterocycles. The van der Waals surface area contributed by atoms with Gasteiger partial charge in [0.1, 0.15) is 18.0 Å². The highest BCUT2D eigenvalue weighted by molar-refractivity contribution is 6.09. The van der Waals surface area contributed by atoms with E-state index in [1.807, 2.05) is 6.92 Å². The fourth-order valence-corrected chi connectivity index (χ4v) is 3.10. The molecule has 180 valence electrons. The SMILES string of the molecule is CCCCn1c(N)c(N(C)C(=O)c2cc(OC)c(OCCOC)cc2[N+](=O)[O-])c(=O)[nH]c1=O. The molecule has 1 aromatic heterocycles. The van der Waals surface area contributed by atoms with Crippen LogP contribution in [-0.2, 0) is 11.3 Å². The zero-order valence-corrected chi connectivity index (χ0v) is 18.9. The van der Waals surface area contributed by atoms with Crippen LogP contribution in [0.25, 0.3) is 0 Å². The molecule has 0 bridgehead atoms. The number of nitro groups is 1. The fourth-order valence-electron chi connectivity index (χ4n) is 3.10. The molecule has 0 unspecified atom stereocenters. The highest BCUT2D eigenvalue weighted by Crippen LogP contribution is 2.36. The molecule has 0 radical (unpaired) electrons. The highest BCUT2D eigenvalue weighted by atomic mass is 16.6. The van der Waals surface area contributed by atoms with Gasteiger partial charge in [0.25, 0.3) is 17.2 Å². The van der Waals surface area contributed by atoms with E-state index in [1.54, 1.807) is 0 Å². The summed E-state index contributed by atoms with van der Waals surface area (Å²) in [5, 5.41) is 11.7. The average Bonchev–Trinajstić information content (AvgIpc) is 2.77. The fraction of sp³-hybridized carbons (Fsp3) is 0.450. The summed E-state index contributed by atoms with van der Waals surface area (Å²) >= 11 is 0. The van der Waals surface area contributed by atoms with Gasteiger partial charge in [-0.25, -0.2) is 4.79 Å². The predicted octanol–water partition coefficient (Wildman–Crippen LogP) is 1.14. The van der Waals surface area contributed by atoms with Gasteiger partial charge in [-0.15, -0.1) is 0 Å². The third-order valence-corrected chi connectivity index (χ3v) is 4.84. The molecule has 13 heteroatoms. The van der Waals surface area contributed by atoms with Gasteiger partial charge in [-0.2, -0.15) is 0 Å². The third kappa shape index (κ3) is 5.49. The minimum atomic E-state index is -0.902. The zero-order chi connectivity index (χ0) is 24.7. The summed E-state index contributed by atoms with van der Waals surface area (Å²) in [5.74, 6) is -1.00. The van der Waals surface area contributed by atoms with Crippen LogP contribution in [0.5, 0.6) is 11.5 Å². The number of unbranched alkanes of at least 4 members (excludes halogenated alkanes) is 1. The first-order valence-corrected chi connectivity index (χ1v) is 10.1. The maximum absolute atomic E-state index is 13.2. The standard InChI is InChI=1S/C20H27N5O8/c1-5-6-7-24-17(21)16(18(26)22-20(24)28)23(2)19(27)12-10-14(32-4)15(33-9-8-31-3)11-13(12)25(29)30/h10-11H,5-9,21H2,1-4H3,(H,22,26,28). The van der Waals surface area contributed by atoms with Crippen molar-refractivity contribution in [3.05, 3.63) is 48.6 Å². The third-order valence-electron chi connectivity index (χ3n) is 4.84. The number of amides is 1. The first kappa shape index (κ1) is 25.4. The molecule has 0 saturated carbocycles. The van der Waals surface area contributed by atoms with Crippen LogP contribution in [0.2, 0.25) is 0 Å². The summed E-state index contributed by atoms with van der Waals surface area (Å²) in [6.07, 6.45) is 1.38. The number of nitrogens with one attached hydrogen (secondary N) is 1. The second-order valence-electron chi connectivity index (χ2n) is 6.98. The van der Waals surface area contributed by atoms with Gasteiger partial charge in [-0.1, -0.05) is 13.3 Å². The van der Waals surface area contributed by atoms with Crippen molar-refractivity contribution in [1.82, 2.24) is 9.55 Å². The number of carbonyl (C=O) groups excluding carboxylic acids is 1. The van der Waals surface area contributed by atoms with Gasteiger partial charge in [-0.3, -0.25) is 29.3 Å². The Balaban J connectivity index is 2.58. The van der Waals surface area contributed by atoms with Crippen LogP contribution < -0.4 is 31.4 Å². The van der Waals surface area contributed by atoms with E-state index >= 15 is 0 Å². The molecular formula is C20H27N5O8. The lowest BCUT2D eigenvalue weighted by Gasteiger charge is -2.21. The minimum absolute atomic E-state index is 0.0472. The van der Waals surface area contributed by atoms with Crippen LogP contribution in [0, 0.1) is 10.1 Å². The second-order valence-corrected chi connectivity index (χ2v) is 6.98. The average molecular weight is 465 g/mol. The minimum Gasteiger partial charge on any atom is -0.493 e. The van der Waals surface area contributed by atoms with Gasteiger partial charge in [0.2, 0.25) is 0 Å². The van der Waals surface area contributed by atoms with Gasteiger partial charge in [0.15, 0.2) is 17.2 Å². The molecule has 1 heterocycles. The summed E-state index contributed by atoms with van der Waals surface area (Å²) in [6.45, 7) is 2.48. The van der Waals surface area contributed by atoms with Crippen molar-refractivity contribution >= 4 is 23.1 Å². The lowest BCUT2D eigenvalue weighted by molar-refractivity contribution is -0.385. The molecule has 3 N–H and O–H groups in total. The number of H-pyrrole nitrogens is 1. The molecule has 13 nitrogen and oxygen atoms in total. The Bertz CT molecular complexity index is 1140. The Hall–Kier alpha value is -3.87. The van der Waals surface area contributed by atoms with Crippen LogP contribution >= 0.6 is 0 Å². The molecule has 0 spiro atoms. The number of ether oxygens (including phenoxy) is 3. The summed E-state index contributed by atoms with van der Waals surface area (Å²) in [6, 6.07) is 2.21. The summed E-state index contributed by atoms with van der Waals surface area (Å²) in [4.78, 5) is 51.8. The highest BCUT2D eigenvalue weighted by Gasteiger charge is 2.30. The first-order chi connectivity index (χ1) is 15.7. The Morgan fingerprint density at radius 2 is 1.94 bits per heavy atom. The quantitative estimate of drug-likeness (QED) is 0.280. The molecule has 0 aliphatic rings. The number of aromatic amines is 1. The lowest BCUT2D eigenvalue weighted by Crippen LogP contribution is -2.39. The monoisotopic (exact) mass is 465 g/mol. The summed E-state index contributed by atoms with van der Waals surface area (Å²) in [7, 11) is 4.02. The largest absolute Gasteiger partial charge is 0.493 e. The van der Waals surface area contributed by atoms with Crippen molar-refractivity contribution in [2.24, 2.45) is 0 Å². The molecule has 0 fully saturated rings. The maximum Gasteiger partial charge on any atom is 0.330 e. The van der Waals surface area contributed by atoms with E-state index < -0.39 is 27.8 Å². The van der Waals surface area contributed by atoms with E-state index in [0.29, 0.717) is 6.42 Å². The van der Waals surface area contributed by atoms with Crippen LogP contribution in [0.1, 0.15) is 30.1 Å². The van der Waals surface area contributed by atoms with E-state index in [0.717, 1.165) is 28.0 Å². The summed E-state index contributed by atoms with van der Waals surface area (Å²) in [5.41, 5.74) is 3.23. The van der Waals surface area contributed by atoms with Gasteiger partial charge in [-0.05, 0) is 6.42 Å². The molecule has 2 rings (SSSR count). The second kappa shape index (κ2) is 11.1. The molecule has 0 aliphatic heterocycles. The molecule has 0 atom stereocenters. The Morgan fingerprint density at radius 1 is 1.24 bits per heavy atom. The van der Waals surface area contributed by atoms with Crippen molar-refractivity contribution in [3.63, 3.8) is 0 Å². The van der Waals surface area contributed by atoms with Crippen molar-refractivity contribution < 1.29 is 23.9 Å². The smallest absolute Gasteiger partial charge is 0.330 e. The molecule has 0 aliphatic carbocycles.